The van der Waals surface area contributed by atoms with Gasteiger partial charge in [-0.3, -0.25) is 14.6 Å². The molecule has 125 heavy (non-hydrogen) atoms. The molecule has 6 aliphatic rings. The molecule has 3 aliphatic heterocycles. The van der Waals surface area contributed by atoms with Crippen molar-refractivity contribution < 1.29 is 69.6 Å². The highest BCUT2D eigenvalue weighted by molar-refractivity contribution is 7.90. The SMILES string of the molecule is C.C.C.C.CN1CCN(C2CCC(c3cnc4c(c3)c(-c3cnn(C(F)(F)F)c3)cn4S(=O)(=O)c3ccccc3)CC2)CC1.CN1CCN(C2CCC(c3cnc4c(c3)c(-c3cnn(C(F)(F)F)c3)cn4S(=O)(=O)c3ccccc3)CC2)CC1.CN1CCNCC1.O=C1CCC(c2cnc3c(c2)c(-c2cnn(C(F)(F)F)c2)cn3S(=O)(=O)c2ccccc2)CC1. The normalized spacial score (nSPS) is 19.6. The Hall–Kier alpha value is -9.99. The highest BCUT2D eigenvalue weighted by Crippen LogP contribution is 2.44. The molecule has 3 saturated carbocycles. The Bertz CT molecular complexity index is 5730. The van der Waals surface area contributed by atoms with Crippen molar-refractivity contribution in [2.45, 2.75) is 170 Å². The highest BCUT2D eigenvalue weighted by Gasteiger charge is 2.38. The number of alkyl halides is 9. The van der Waals surface area contributed by atoms with E-state index in [4.69, 9.17) is 0 Å². The van der Waals surface area contributed by atoms with Crippen LogP contribution in [-0.4, -0.2) is 224 Å². The van der Waals surface area contributed by atoms with Crippen LogP contribution in [0.2, 0.25) is 0 Å². The molecular weight excluding hydrogens is 1690 g/mol. The summed E-state index contributed by atoms with van der Waals surface area (Å²) in [6.07, 6.45) is 11.2. The van der Waals surface area contributed by atoms with E-state index in [0.717, 1.165) is 183 Å². The molecule has 12 heterocycles. The van der Waals surface area contributed by atoms with Crippen LogP contribution in [0.5, 0.6) is 0 Å². The molecule has 25 nitrogen and oxygen atoms in total. The minimum Gasteiger partial charge on any atom is -0.314 e. The number of piperazine rings is 3. The Labute approximate surface area is 724 Å². The lowest BCUT2D eigenvalue weighted by Gasteiger charge is -2.41. The third kappa shape index (κ3) is 21.2. The van der Waals surface area contributed by atoms with Gasteiger partial charge in [0.15, 0.2) is 16.9 Å². The maximum absolute atomic E-state index is 13.6. The first-order valence-corrected chi connectivity index (χ1v) is 44.7. The van der Waals surface area contributed by atoms with Crippen LogP contribution in [0.15, 0.2) is 198 Å². The lowest BCUT2D eigenvalue weighted by molar-refractivity contribution is -0.213. The van der Waals surface area contributed by atoms with Gasteiger partial charge in [0, 0.05) is 209 Å². The van der Waals surface area contributed by atoms with Crippen LogP contribution in [0.1, 0.15) is 141 Å². The fourth-order valence-corrected chi connectivity index (χ4v) is 21.1. The fraction of sp³-hybridized carbons (Fsp3) is 0.443. The molecule has 3 aliphatic carbocycles. The number of benzene rings is 3. The van der Waals surface area contributed by atoms with E-state index in [2.05, 4.69) is 81.2 Å². The van der Waals surface area contributed by atoms with E-state index in [-0.39, 0.29) is 121 Å². The Morgan fingerprint density at radius 1 is 0.352 bits per heavy atom. The van der Waals surface area contributed by atoms with Crippen molar-refractivity contribution in [3.8, 4) is 33.4 Å². The summed E-state index contributed by atoms with van der Waals surface area (Å²) in [6.45, 7) is 13.4. The summed E-state index contributed by atoms with van der Waals surface area (Å²) >= 11 is 0. The van der Waals surface area contributed by atoms with E-state index in [1.807, 2.05) is 12.1 Å². The number of fused-ring (bicyclic) bond motifs is 3. The molecule has 0 amide bonds. The summed E-state index contributed by atoms with van der Waals surface area (Å²) in [5.74, 6) is 0.765. The van der Waals surface area contributed by atoms with Crippen molar-refractivity contribution in [2.24, 2.45) is 0 Å². The van der Waals surface area contributed by atoms with Gasteiger partial charge in [-0.2, -0.15) is 29.3 Å². The van der Waals surface area contributed by atoms with Gasteiger partial charge in [0.25, 0.3) is 30.1 Å². The zero-order chi connectivity index (χ0) is 85.3. The molecule has 674 valence electrons. The maximum atomic E-state index is 13.6. The van der Waals surface area contributed by atoms with Crippen molar-refractivity contribution in [3.63, 3.8) is 0 Å². The molecule has 0 radical (unpaired) electrons. The molecule has 18 rings (SSSR count). The van der Waals surface area contributed by atoms with Crippen LogP contribution in [0, 0.1) is 0 Å². The van der Waals surface area contributed by atoms with Gasteiger partial charge in [0.05, 0.1) is 33.3 Å². The monoisotopic (exact) mass is 1800 g/mol. The zero-order valence-corrected chi connectivity index (χ0v) is 69.2. The standard InChI is InChI=1S/2C28H31F3N6O2S.C23H19F3N4O3S.C5H12N2.4CH4/c2*1-34-11-13-35(14-12-34)23-9-7-20(8-10-23)21-15-25-26(22-17-33-37(18-22)28(29,30)31)19-36(27(25)32-16-21)40(38,39)24-5-3-2-4-6-24;24-23(25,26)30-13-17(12-28-30)21-14-29(34(32,33)19-4-2-1-3-5-19)22-20(21)10-16(11-27-22)15-6-8-18(31)9-7-15;1-7-4-2-6-3-5-7;;;;/h2*2-6,15-20,23H,7-14H2,1H3;1-5,10-15H,6-9H2;6H,2-5H2,1H3;4*1H4. The summed E-state index contributed by atoms with van der Waals surface area (Å²) in [5.41, 5.74) is 4.62. The number of halogens is 9. The zero-order valence-electron chi connectivity index (χ0n) is 66.8. The molecule has 0 atom stereocenters. The summed E-state index contributed by atoms with van der Waals surface area (Å²) in [6, 6.07) is 30.3. The number of nitrogens with one attached hydrogen (secondary N) is 1. The number of rotatable bonds is 14. The quantitative estimate of drug-likeness (QED) is 0.0993. The summed E-state index contributed by atoms with van der Waals surface area (Å²) < 4.78 is 203. The van der Waals surface area contributed by atoms with Crippen molar-refractivity contribution >= 4 is 69.0 Å². The molecular formula is C88H109F9N18O7S3. The second-order valence-corrected chi connectivity index (χ2v) is 37.3. The molecule has 37 heteroatoms. The Balaban J connectivity index is 0.000000173. The maximum Gasteiger partial charge on any atom is 0.504 e. The van der Waals surface area contributed by atoms with Gasteiger partial charge in [-0.25, -0.2) is 52.1 Å². The lowest BCUT2D eigenvalue weighted by Crippen LogP contribution is -2.49. The molecule has 3 aromatic carbocycles. The number of carbonyl (C=O) groups is 1. The average molecular weight is 1800 g/mol. The number of ketones is 1. The minimum absolute atomic E-state index is 0. The van der Waals surface area contributed by atoms with Gasteiger partial charge in [-0.1, -0.05) is 84.3 Å². The summed E-state index contributed by atoms with van der Waals surface area (Å²) in [7, 11) is -5.68. The number of Topliss-reactive ketones (excluding diaryl/α,β-unsaturated/α-hetero) is 1. The molecule has 9 aromatic heterocycles. The predicted octanol–water partition coefficient (Wildman–Crippen LogP) is 16.7. The first-order valence-electron chi connectivity index (χ1n) is 40.3. The van der Waals surface area contributed by atoms with E-state index >= 15 is 0 Å². The Morgan fingerprint density at radius 3 is 0.880 bits per heavy atom. The van der Waals surface area contributed by atoms with Crippen LogP contribution >= 0.6 is 0 Å². The lowest BCUT2D eigenvalue weighted by atomic mass is 9.81. The minimum atomic E-state index is -4.70. The summed E-state index contributed by atoms with van der Waals surface area (Å²) in [4.78, 5) is 37.6. The molecule has 3 saturated heterocycles. The van der Waals surface area contributed by atoms with Crippen LogP contribution in [0.4, 0.5) is 39.5 Å². The number of hydrogen-bond acceptors (Lipinski definition) is 19. The number of aromatic nitrogens is 12. The molecule has 0 spiro atoms. The third-order valence-corrected chi connectivity index (χ3v) is 29.1. The average Bonchev–Trinajstić information content (AvgIpc) is 1.60. The van der Waals surface area contributed by atoms with Crippen molar-refractivity contribution in [1.29, 1.82) is 0 Å². The van der Waals surface area contributed by atoms with E-state index in [0.29, 0.717) is 65.1 Å². The molecule has 0 unspecified atom stereocenters. The first kappa shape index (κ1) is 95.7. The van der Waals surface area contributed by atoms with Gasteiger partial charge in [-0.15, -0.1) is 39.5 Å². The van der Waals surface area contributed by atoms with Crippen molar-refractivity contribution in [2.75, 3.05) is 99.7 Å². The van der Waals surface area contributed by atoms with E-state index in [1.54, 1.807) is 79.3 Å². The first-order chi connectivity index (χ1) is 57.8. The number of hydrogen-bond donors (Lipinski definition) is 1. The highest BCUT2D eigenvalue weighted by atomic mass is 32.2. The molecule has 6 fully saturated rings. The topological polar surface area (TPSA) is 255 Å². The van der Waals surface area contributed by atoms with Gasteiger partial charge in [0.2, 0.25) is 0 Å². The Kier molecular flexibility index (Phi) is 30.2. The smallest absolute Gasteiger partial charge is 0.314 e. The Morgan fingerprint density at radius 2 is 0.624 bits per heavy atom. The van der Waals surface area contributed by atoms with Gasteiger partial charge < -0.3 is 20.0 Å². The largest absolute Gasteiger partial charge is 0.504 e. The predicted molar refractivity (Wildman–Crippen MR) is 465 cm³/mol. The van der Waals surface area contributed by atoms with E-state index in [9.17, 15) is 69.6 Å². The number of likely N-dealkylation sites (N-methyl/N-ethyl adjacent to an activating group) is 3. The van der Waals surface area contributed by atoms with Gasteiger partial charge >= 0.3 is 18.9 Å². The van der Waals surface area contributed by atoms with Gasteiger partial charge in [-0.05, 0) is 174 Å². The van der Waals surface area contributed by atoms with E-state index in [1.165, 1.54) is 68.1 Å². The van der Waals surface area contributed by atoms with E-state index < -0.39 is 49.0 Å². The van der Waals surface area contributed by atoms with Crippen LogP contribution < -0.4 is 5.32 Å². The van der Waals surface area contributed by atoms with Gasteiger partial charge in [0.1, 0.15) is 5.78 Å². The molecule has 0 bridgehead atoms. The number of pyridine rings is 3. The second-order valence-electron chi connectivity index (χ2n) is 31.9. The fourth-order valence-electron chi connectivity index (χ4n) is 17.1. The second kappa shape index (κ2) is 39.5. The summed E-state index contributed by atoms with van der Waals surface area (Å²) in [5, 5.41) is 15.0. The van der Waals surface area contributed by atoms with Crippen LogP contribution in [0.3, 0.4) is 0 Å². The molecule has 12 aromatic rings. The van der Waals surface area contributed by atoms with Crippen LogP contribution in [0.25, 0.3) is 66.5 Å². The van der Waals surface area contributed by atoms with Crippen LogP contribution in [-0.2, 0) is 53.8 Å². The van der Waals surface area contributed by atoms with Crippen molar-refractivity contribution in [1.82, 2.24) is 86.0 Å². The number of carbonyl (C=O) groups excluding carboxylic acids is 1. The van der Waals surface area contributed by atoms with Crippen molar-refractivity contribution in [3.05, 3.63) is 200 Å². The number of nitrogens with zero attached hydrogens (tertiary/aromatic N) is 17. The molecule has 1 N–H and O–H groups in total. The third-order valence-electron chi connectivity index (χ3n) is 24.1.